The number of nitrogens with one attached hydrogen (secondary N) is 1. The minimum absolute atomic E-state index is 0.0696. The first kappa shape index (κ1) is 20.0. The molecule has 3 rings (SSSR count). The molecule has 150 valence electrons. The molecule has 0 saturated carbocycles. The summed E-state index contributed by atoms with van der Waals surface area (Å²) in [6.07, 6.45) is 3.55. The molecule has 1 unspecified atom stereocenters. The smallest absolute Gasteiger partial charge is 0.193 e. The van der Waals surface area contributed by atoms with Crippen molar-refractivity contribution in [1.29, 1.82) is 0 Å². The molecule has 0 saturated heterocycles. The predicted molar refractivity (Wildman–Crippen MR) is 115 cm³/mol. The van der Waals surface area contributed by atoms with E-state index in [1.807, 2.05) is 32.3 Å². The van der Waals surface area contributed by atoms with Crippen LogP contribution < -0.4 is 20.5 Å². The van der Waals surface area contributed by atoms with Gasteiger partial charge in [0.2, 0.25) is 0 Å². The van der Waals surface area contributed by atoms with E-state index in [0.717, 1.165) is 17.7 Å². The minimum atomic E-state index is 0.0696. The highest BCUT2D eigenvalue weighted by Crippen LogP contribution is 2.31. The molecule has 0 aliphatic heterocycles. The lowest BCUT2D eigenvalue weighted by molar-refractivity contribution is 0.303. The number of benzene rings is 2. The second-order valence-electron chi connectivity index (χ2n) is 7.28. The first-order valence-corrected chi connectivity index (χ1v) is 9.59. The Labute approximate surface area is 167 Å². The lowest BCUT2D eigenvalue weighted by Crippen LogP contribution is -2.27. The normalized spacial score (nSPS) is 14.7. The monoisotopic (exact) mass is 382 g/mol. The second kappa shape index (κ2) is 8.97. The number of nitrogens with zero attached hydrogens (tertiary/aromatic N) is 2. The van der Waals surface area contributed by atoms with Gasteiger partial charge in [0.1, 0.15) is 0 Å². The summed E-state index contributed by atoms with van der Waals surface area (Å²) in [4.78, 5) is 6.70. The minimum Gasteiger partial charge on any atom is -0.493 e. The van der Waals surface area contributed by atoms with Gasteiger partial charge in [0.25, 0.3) is 0 Å². The third-order valence-electron chi connectivity index (χ3n) is 5.22. The standard InChI is InChI=1S/C22H30N4O2/c1-26(2)19(17-9-11-20(27-3)21(13-17)28-4)14-24-22(23)25-18-10-8-15-6-5-7-16(15)12-18/h8-13,19H,5-7,14H2,1-4H3,(H3,23,24,25). The topological polar surface area (TPSA) is 72.1 Å². The van der Waals surface area contributed by atoms with Crippen LogP contribution in [-0.4, -0.2) is 45.7 Å². The summed E-state index contributed by atoms with van der Waals surface area (Å²) in [5.41, 5.74) is 11.1. The van der Waals surface area contributed by atoms with E-state index in [2.05, 4.69) is 33.4 Å². The number of nitrogens with two attached hydrogens (primary N) is 1. The number of ether oxygens (including phenoxy) is 2. The molecule has 6 nitrogen and oxygen atoms in total. The van der Waals surface area contributed by atoms with Crippen molar-refractivity contribution in [3.8, 4) is 11.5 Å². The van der Waals surface area contributed by atoms with Crippen molar-refractivity contribution in [2.24, 2.45) is 10.7 Å². The van der Waals surface area contributed by atoms with Crippen molar-refractivity contribution in [3.63, 3.8) is 0 Å². The molecule has 0 fully saturated rings. The van der Waals surface area contributed by atoms with Gasteiger partial charge >= 0.3 is 0 Å². The summed E-state index contributed by atoms with van der Waals surface area (Å²) in [6.45, 7) is 0.534. The highest BCUT2D eigenvalue weighted by molar-refractivity contribution is 5.92. The molecule has 28 heavy (non-hydrogen) atoms. The number of methoxy groups -OCH3 is 2. The Morgan fingerprint density at radius 3 is 2.54 bits per heavy atom. The predicted octanol–water partition coefficient (Wildman–Crippen LogP) is 3.22. The Bertz CT molecular complexity index is 848. The first-order valence-electron chi connectivity index (χ1n) is 9.59. The number of likely N-dealkylation sites (N-methyl/N-ethyl adjacent to an activating group) is 1. The summed E-state index contributed by atoms with van der Waals surface area (Å²) < 4.78 is 10.8. The molecule has 1 aliphatic rings. The van der Waals surface area contributed by atoms with Crippen LogP contribution in [0.1, 0.15) is 29.2 Å². The van der Waals surface area contributed by atoms with Gasteiger partial charge in [-0.2, -0.15) is 0 Å². The Kier molecular flexibility index (Phi) is 6.41. The second-order valence-corrected chi connectivity index (χ2v) is 7.28. The molecule has 3 N–H and O–H groups in total. The molecule has 0 bridgehead atoms. The van der Waals surface area contributed by atoms with Crippen LogP contribution in [0.25, 0.3) is 0 Å². The zero-order chi connectivity index (χ0) is 20.1. The van der Waals surface area contributed by atoms with Gasteiger partial charge in [-0.15, -0.1) is 0 Å². The van der Waals surface area contributed by atoms with Crippen LogP contribution in [0.5, 0.6) is 11.5 Å². The van der Waals surface area contributed by atoms with Gasteiger partial charge in [-0.1, -0.05) is 12.1 Å². The van der Waals surface area contributed by atoms with E-state index in [0.29, 0.717) is 24.0 Å². The fourth-order valence-electron chi connectivity index (χ4n) is 3.65. The molecule has 0 aromatic heterocycles. The molecule has 0 amide bonds. The third kappa shape index (κ3) is 4.57. The molecule has 0 spiro atoms. The zero-order valence-corrected chi connectivity index (χ0v) is 17.2. The number of aliphatic imine (C=N–C) groups is 1. The SMILES string of the molecule is COc1ccc(C(CN=C(N)Nc2ccc3c(c2)CCC3)N(C)C)cc1OC. The van der Waals surface area contributed by atoms with E-state index >= 15 is 0 Å². The molecule has 1 atom stereocenters. The summed E-state index contributed by atoms with van der Waals surface area (Å²) in [5, 5.41) is 3.22. The molecule has 2 aromatic carbocycles. The molecule has 0 radical (unpaired) electrons. The average molecular weight is 383 g/mol. The fourth-order valence-corrected chi connectivity index (χ4v) is 3.65. The van der Waals surface area contributed by atoms with Gasteiger partial charge in [0.05, 0.1) is 26.8 Å². The van der Waals surface area contributed by atoms with Crippen LogP contribution in [0, 0.1) is 0 Å². The maximum atomic E-state index is 6.15. The number of fused-ring (bicyclic) bond motifs is 1. The van der Waals surface area contributed by atoms with Crippen LogP contribution >= 0.6 is 0 Å². The molecule has 2 aromatic rings. The fraction of sp³-hybridized carbons (Fsp3) is 0.409. The highest BCUT2D eigenvalue weighted by Gasteiger charge is 2.17. The van der Waals surface area contributed by atoms with Crippen molar-refractivity contribution in [1.82, 2.24) is 4.90 Å². The summed E-state index contributed by atoms with van der Waals surface area (Å²) in [7, 11) is 7.33. The maximum absolute atomic E-state index is 6.15. The van der Waals surface area contributed by atoms with Gasteiger partial charge in [-0.05, 0) is 74.3 Å². The first-order chi connectivity index (χ1) is 13.5. The summed E-state index contributed by atoms with van der Waals surface area (Å²) in [5.74, 6) is 1.84. The number of rotatable bonds is 7. The third-order valence-corrected chi connectivity index (χ3v) is 5.22. The van der Waals surface area contributed by atoms with Crippen LogP contribution in [0.3, 0.4) is 0 Å². The molecule has 0 heterocycles. The lowest BCUT2D eigenvalue weighted by atomic mass is 10.1. The summed E-state index contributed by atoms with van der Waals surface area (Å²) in [6, 6.07) is 12.5. The van der Waals surface area contributed by atoms with Crippen LogP contribution in [0.15, 0.2) is 41.4 Å². The number of anilines is 1. The van der Waals surface area contributed by atoms with Gasteiger partial charge in [0, 0.05) is 5.69 Å². The van der Waals surface area contributed by atoms with Crippen molar-refractivity contribution in [2.45, 2.75) is 25.3 Å². The molecule has 1 aliphatic carbocycles. The Morgan fingerprint density at radius 1 is 1.07 bits per heavy atom. The number of hydrogen-bond acceptors (Lipinski definition) is 4. The summed E-state index contributed by atoms with van der Waals surface area (Å²) >= 11 is 0. The van der Waals surface area contributed by atoms with E-state index < -0.39 is 0 Å². The Hall–Kier alpha value is -2.73. The van der Waals surface area contributed by atoms with Gasteiger partial charge in [-0.25, -0.2) is 0 Å². The van der Waals surface area contributed by atoms with Crippen LogP contribution in [0.4, 0.5) is 5.69 Å². The largest absolute Gasteiger partial charge is 0.493 e. The molecular weight excluding hydrogens is 352 g/mol. The number of guanidine groups is 1. The maximum Gasteiger partial charge on any atom is 0.193 e. The number of aryl methyl sites for hydroxylation is 2. The van der Waals surface area contributed by atoms with Gasteiger partial charge < -0.3 is 25.4 Å². The van der Waals surface area contributed by atoms with Crippen LogP contribution in [0.2, 0.25) is 0 Å². The molecular formula is C22H30N4O2. The Balaban J connectivity index is 1.72. The quantitative estimate of drug-likeness (QED) is 0.568. The van der Waals surface area contributed by atoms with Gasteiger partial charge in [-0.3, -0.25) is 4.99 Å². The van der Waals surface area contributed by atoms with Crippen LogP contribution in [-0.2, 0) is 12.8 Å². The van der Waals surface area contributed by atoms with E-state index in [9.17, 15) is 0 Å². The van der Waals surface area contributed by atoms with E-state index in [4.69, 9.17) is 15.2 Å². The van der Waals surface area contributed by atoms with E-state index in [-0.39, 0.29) is 6.04 Å². The van der Waals surface area contributed by atoms with Crippen molar-refractivity contribution in [2.75, 3.05) is 40.2 Å². The van der Waals surface area contributed by atoms with Gasteiger partial charge in [0.15, 0.2) is 17.5 Å². The number of hydrogen-bond donors (Lipinski definition) is 2. The zero-order valence-electron chi connectivity index (χ0n) is 17.2. The molecule has 6 heteroatoms. The van der Waals surface area contributed by atoms with Crippen molar-refractivity contribution in [3.05, 3.63) is 53.1 Å². The van der Waals surface area contributed by atoms with Crippen molar-refractivity contribution >= 4 is 11.6 Å². The highest BCUT2D eigenvalue weighted by atomic mass is 16.5. The van der Waals surface area contributed by atoms with E-state index in [1.165, 1.54) is 24.0 Å². The van der Waals surface area contributed by atoms with E-state index in [1.54, 1.807) is 14.2 Å². The Morgan fingerprint density at radius 2 is 1.82 bits per heavy atom. The average Bonchev–Trinajstić information content (AvgIpc) is 3.15. The lowest BCUT2D eigenvalue weighted by Gasteiger charge is -2.24. The van der Waals surface area contributed by atoms with Crippen molar-refractivity contribution < 1.29 is 9.47 Å².